The molecule has 0 radical (unpaired) electrons. The number of nitrogens with zero attached hydrogens (tertiary/aromatic N) is 2. The van der Waals surface area contributed by atoms with Crippen molar-refractivity contribution in [3.05, 3.63) is 52.5 Å². The number of rotatable bonds is 3. The van der Waals surface area contributed by atoms with Crippen molar-refractivity contribution in [2.45, 2.75) is 77.4 Å². The Kier molecular flexibility index (Phi) is 8.68. The van der Waals surface area contributed by atoms with Gasteiger partial charge in [0.05, 0.1) is 22.6 Å². The zero-order chi connectivity index (χ0) is 25.9. The van der Waals surface area contributed by atoms with Crippen LogP contribution in [0.1, 0.15) is 66.2 Å². The molecule has 2 aromatic carbocycles. The quantitative estimate of drug-likeness (QED) is 0.389. The van der Waals surface area contributed by atoms with Crippen LogP contribution in [0.25, 0.3) is 0 Å². The average molecular weight is 563 g/mol. The Bertz CT molecular complexity index is 1020. The summed E-state index contributed by atoms with van der Waals surface area (Å²) in [6, 6.07) is 10.6. The summed E-state index contributed by atoms with van der Waals surface area (Å²) in [5, 5.41) is 0. The van der Waals surface area contributed by atoms with Crippen LogP contribution < -0.4 is 15.3 Å². The minimum atomic E-state index is -0.505. The second-order valence-electron chi connectivity index (χ2n) is 11.0. The molecule has 3 aliphatic rings. The first-order valence-electron chi connectivity index (χ1n) is 13.2. The summed E-state index contributed by atoms with van der Waals surface area (Å²) in [4.78, 5) is 4.26. The van der Waals surface area contributed by atoms with Gasteiger partial charge in [0.1, 0.15) is 11.6 Å². The predicted molar refractivity (Wildman–Crippen MR) is 148 cm³/mol. The molecule has 196 valence electrons. The molecule has 0 aliphatic carbocycles. The zero-order valence-corrected chi connectivity index (χ0v) is 23.5. The number of hydrogen-bond donors (Lipinski definition) is 0. The highest BCUT2D eigenvalue weighted by Gasteiger charge is 2.51. The Morgan fingerprint density at radius 2 is 1.14 bits per heavy atom. The van der Waals surface area contributed by atoms with Crippen LogP contribution >= 0.6 is 15.9 Å². The van der Waals surface area contributed by atoms with Crippen molar-refractivity contribution in [3.8, 4) is 0 Å². The highest BCUT2D eigenvalue weighted by atomic mass is 79.9. The smallest absolute Gasteiger partial charge is 0.399 e. The molecule has 36 heavy (non-hydrogen) atoms. The van der Waals surface area contributed by atoms with Crippen molar-refractivity contribution in [2.24, 2.45) is 0 Å². The third-order valence-electron chi connectivity index (χ3n) is 7.80. The molecule has 3 saturated heterocycles. The van der Waals surface area contributed by atoms with Gasteiger partial charge in [0.15, 0.2) is 0 Å². The number of piperidine rings is 2. The molecule has 0 unspecified atom stereocenters. The van der Waals surface area contributed by atoms with Crippen LogP contribution in [0, 0.1) is 11.6 Å². The molecule has 3 aliphatic heterocycles. The molecular weight excluding hydrogens is 525 g/mol. The van der Waals surface area contributed by atoms with E-state index in [1.54, 1.807) is 6.07 Å². The molecule has 3 heterocycles. The molecule has 4 nitrogen and oxygen atoms in total. The second-order valence-corrected chi connectivity index (χ2v) is 11.9. The van der Waals surface area contributed by atoms with Crippen molar-refractivity contribution in [2.75, 3.05) is 36.0 Å². The third kappa shape index (κ3) is 6.25. The van der Waals surface area contributed by atoms with Crippen LogP contribution in [-0.2, 0) is 9.31 Å². The second kappa shape index (κ2) is 11.4. The maximum absolute atomic E-state index is 14.5. The van der Waals surface area contributed by atoms with E-state index in [1.165, 1.54) is 31.7 Å². The van der Waals surface area contributed by atoms with Gasteiger partial charge in [-0.15, -0.1) is 0 Å². The van der Waals surface area contributed by atoms with E-state index < -0.39 is 18.3 Å². The fraction of sp³-hybridized carbons (Fsp3) is 0.571. The van der Waals surface area contributed by atoms with Crippen LogP contribution in [-0.4, -0.2) is 44.5 Å². The van der Waals surface area contributed by atoms with Crippen molar-refractivity contribution >= 4 is 39.9 Å². The maximum Gasteiger partial charge on any atom is 0.494 e. The summed E-state index contributed by atoms with van der Waals surface area (Å²) in [6.07, 6.45) is 7.14. The zero-order valence-electron chi connectivity index (χ0n) is 22.0. The van der Waals surface area contributed by atoms with Gasteiger partial charge in [0, 0.05) is 30.7 Å². The Morgan fingerprint density at radius 3 is 1.58 bits per heavy atom. The number of anilines is 2. The maximum atomic E-state index is 14.5. The van der Waals surface area contributed by atoms with E-state index in [4.69, 9.17) is 9.31 Å². The van der Waals surface area contributed by atoms with E-state index in [9.17, 15) is 8.78 Å². The first-order chi connectivity index (χ1) is 17.1. The lowest BCUT2D eigenvalue weighted by atomic mass is 9.79. The standard InChI is InChI=1S/C17H25BFNO2.C11H13BrFN/c1-16(2)17(3,4)22-18(21-16)13-8-9-15(14(19)12-13)20-10-6-5-7-11-20;12-9-4-5-11(10(13)8-9)14-6-2-1-3-7-14/h8-9,12H,5-7,10-11H2,1-4H3;4-5,8H,1-3,6-7H2. The SMILES string of the molecule is CC1(C)OB(c2ccc(N3CCCCC3)c(F)c2)OC1(C)C.Fc1cc(Br)ccc1N1CCCCC1. The third-order valence-corrected chi connectivity index (χ3v) is 8.29. The number of hydrogen-bond acceptors (Lipinski definition) is 4. The van der Waals surface area contributed by atoms with Crippen LogP contribution in [0.5, 0.6) is 0 Å². The van der Waals surface area contributed by atoms with Crippen LogP contribution in [0.3, 0.4) is 0 Å². The topological polar surface area (TPSA) is 24.9 Å². The predicted octanol–water partition coefficient (Wildman–Crippen LogP) is 6.69. The van der Waals surface area contributed by atoms with E-state index >= 15 is 0 Å². The first kappa shape index (κ1) is 27.4. The summed E-state index contributed by atoms with van der Waals surface area (Å²) in [6.45, 7) is 11.9. The van der Waals surface area contributed by atoms with Gasteiger partial charge in [0.2, 0.25) is 0 Å². The Hall–Kier alpha value is -1.64. The fourth-order valence-electron chi connectivity index (χ4n) is 4.91. The molecule has 0 aromatic heterocycles. The van der Waals surface area contributed by atoms with Gasteiger partial charge in [-0.1, -0.05) is 22.0 Å². The summed E-state index contributed by atoms with van der Waals surface area (Å²) >= 11 is 3.26. The van der Waals surface area contributed by atoms with Gasteiger partial charge in [-0.3, -0.25) is 0 Å². The van der Waals surface area contributed by atoms with E-state index in [1.807, 2.05) is 52.0 Å². The van der Waals surface area contributed by atoms with Crippen molar-refractivity contribution in [3.63, 3.8) is 0 Å². The molecule has 0 saturated carbocycles. The van der Waals surface area contributed by atoms with Gasteiger partial charge in [-0.2, -0.15) is 0 Å². The molecule has 3 fully saturated rings. The Balaban J connectivity index is 0.000000187. The minimum Gasteiger partial charge on any atom is -0.399 e. The number of halogens is 3. The highest BCUT2D eigenvalue weighted by Crippen LogP contribution is 2.36. The molecule has 0 amide bonds. The summed E-state index contributed by atoms with van der Waals surface area (Å²) in [5.74, 6) is -0.310. The van der Waals surface area contributed by atoms with Crippen molar-refractivity contribution in [1.29, 1.82) is 0 Å². The molecule has 0 bridgehead atoms. The van der Waals surface area contributed by atoms with Crippen LogP contribution in [0.4, 0.5) is 20.2 Å². The lowest BCUT2D eigenvalue weighted by Crippen LogP contribution is -2.41. The van der Waals surface area contributed by atoms with Crippen LogP contribution in [0.2, 0.25) is 0 Å². The van der Waals surface area contributed by atoms with Gasteiger partial charge >= 0.3 is 7.12 Å². The van der Waals surface area contributed by atoms with E-state index in [2.05, 4.69) is 25.7 Å². The molecule has 2 aromatic rings. The summed E-state index contributed by atoms with van der Waals surface area (Å²) < 4.78 is 40.9. The first-order valence-corrected chi connectivity index (χ1v) is 14.0. The van der Waals surface area contributed by atoms with Gasteiger partial charge in [-0.25, -0.2) is 8.78 Å². The Morgan fingerprint density at radius 1 is 0.694 bits per heavy atom. The lowest BCUT2D eigenvalue weighted by molar-refractivity contribution is 0.00578. The van der Waals surface area contributed by atoms with Gasteiger partial charge in [-0.05, 0) is 102 Å². The van der Waals surface area contributed by atoms with E-state index in [-0.39, 0.29) is 11.6 Å². The van der Waals surface area contributed by atoms with Crippen molar-refractivity contribution < 1.29 is 18.1 Å². The average Bonchev–Trinajstić information content (AvgIpc) is 3.07. The van der Waals surface area contributed by atoms with Gasteiger partial charge < -0.3 is 19.1 Å². The molecule has 0 atom stereocenters. The fourth-order valence-corrected chi connectivity index (χ4v) is 5.25. The van der Waals surface area contributed by atoms with Crippen molar-refractivity contribution in [1.82, 2.24) is 0 Å². The molecule has 5 rings (SSSR count). The summed E-state index contributed by atoms with van der Waals surface area (Å²) in [5.41, 5.74) is 1.38. The highest BCUT2D eigenvalue weighted by molar-refractivity contribution is 9.10. The lowest BCUT2D eigenvalue weighted by Gasteiger charge is -2.32. The minimum absolute atomic E-state index is 0.124. The van der Waals surface area contributed by atoms with Gasteiger partial charge in [0.25, 0.3) is 0 Å². The number of benzene rings is 2. The summed E-state index contributed by atoms with van der Waals surface area (Å²) in [7, 11) is -0.505. The largest absolute Gasteiger partial charge is 0.494 e. The molecule has 8 heteroatoms. The van der Waals surface area contributed by atoms with Crippen LogP contribution in [0.15, 0.2) is 40.9 Å². The molecule has 0 spiro atoms. The normalized spacial score (nSPS) is 21.2. The molecule has 0 N–H and O–H groups in total. The van der Waals surface area contributed by atoms with E-state index in [0.29, 0.717) is 5.69 Å². The van der Waals surface area contributed by atoms with E-state index in [0.717, 1.165) is 54.6 Å². The monoisotopic (exact) mass is 562 g/mol. The molecular formula is C28H38BBrF2N2O2. The Labute approximate surface area is 223 Å².